The summed E-state index contributed by atoms with van der Waals surface area (Å²) in [6.45, 7) is 10.0. The highest BCUT2D eigenvalue weighted by molar-refractivity contribution is 6.29. The number of methoxy groups -OCH3 is 1. The van der Waals surface area contributed by atoms with Gasteiger partial charge in [-0.1, -0.05) is 38.1 Å². The van der Waals surface area contributed by atoms with Crippen LogP contribution < -0.4 is 14.8 Å². The van der Waals surface area contributed by atoms with Crippen LogP contribution >= 0.6 is 11.6 Å². The average molecular weight is 284 g/mol. The zero-order chi connectivity index (χ0) is 14.3. The van der Waals surface area contributed by atoms with Gasteiger partial charge in [-0.3, -0.25) is 0 Å². The number of hydrogen-bond acceptors (Lipinski definition) is 3. The molecule has 0 bridgehead atoms. The fourth-order valence-corrected chi connectivity index (χ4v) is 1.66. The van der Waals surface area contributed by atoms with Crippen LogP contribution in [0.25, 0.3) is 0 Å². The molecule has 0 spiro atoms. The molecule has 0 aliphatic rings. The van der Waals surface area contributed by atoms with Crippen LogP contribution in [-0.4, -0.2) is 20.3 Å². The van der Waals surface area contributed by atoms with Gasteiger partial charge in [-0.05, 0) is 30.2 Å². The van der Waals surface area contributed by atoms with Crippen molar-refractivity contribution in [3.63, 3.8) is 0 Å². The first-order chi connectivity index (χ1) is 9.02. The third kappa shape index (κ3) is 5.99. The number of nitrogens with one attached hydrogen (secondary N) is 1. The second kappa shape index (κ2) is 8.08. The molecule has 1 rings (SSSR count). The fourth-order valence-electron chi connectivity index (χ4n) is 1.61. The summed E-state index contributed by atoms with van der Waals surface area (Å²) >= 11 is 5.71. The molecule has 1 aromatic carbocycles. The van der Waals surface area contributed by atoms with E-state index in [0.29, 0.717) is 22.4 Å². The Balaban J connectivity index is 2.68. The zero-order valence-corrected chi connectivity index (χ0v) is 12.6. The molecule has 106 valence electrons. The Bertz CT molecular complexity index is 419. The summed E-state index contributed by atoms with van der Waals surface area (Å²) in [5.74, 6) is 2.02. The van der Waals surface area contributed by atoms with Crippen LogP contribution in [0.15, 0.2) is 29.8 Å². The van der Waals surface area contributed by atoms with Crippen molar-refractivity contribution in [3.8, 4) is 11.5 Å². The maximum Gasteiger partial charge on any atom is 0.162 e. The molecule has 1 N–H and O–H groups in total. The SMILES string of the molecule is C=C(Cl)COc1cc(CNCC(C)C)ccc1OC. The second-order valence-corrected chi connectivity index (χ2v) is 5.35. The van der Waals surface area contributed by atoms with E-state index in [4.69, 9.17) is 21.1 Å². The van der Waals surface area contributed by atoms with Crippen molar-refractivity contribution in [2.24, 2.45) is 5.92 Å². The molecule has 0 saturated carbocycles. The van der Waals surface area contributed by atoms with Crippen molar-refractivity contribution in [2.45, 2.75) is 20.4 Å². The predicted molar refractivity (Wildman–Crippen MR) is 80.0 cm³/mol. The molecule has 0 aromatic heterocycles. The fraction of sp³-hybridized carbons (Fsp3) is 0.467. The number of hydrogen-bond donors (Lipinski definition) is 1. The maximum atomic E-state index is 5.71. The second-order valence-electron chi connectivity index (χ2n) is 4.82. The van der Waals surface area contributed by atoms with E-state index in [1.165, 1.54) is 0 Å². The number of halogens is 1. The van der Waals surface area contributed by atoms with Gasteiger partial charge < -0.3 is 14.8 Å². The molecule has 0 radical (unpaired) electrons. The predicted octanol–water partition coefficient (Wildman–Crippen LogP) is 3.57. The standard InChI is InChI=1S/C15H22ClNO2/c1-11(2)8-17-9-13-5-6-14(18-4)15(7-13)19-10-12(3)16/h5-7,11,17H,3,8-10H2,1-2,4H3. The van der Waals surface area contributed by atoms with Crippen LogP contribution in [0.1, 0.15) is 19.4 Å². The van der Waals surface area contributed by atoms with E-state index in [1.54, 1.807) is 7.11 Å². The Morgan fingerprint density at radius 1 is 1.37 bits per heavy atom. The number of ether oxygens (including phenoxy) is 2. The Morgan fingerprint density at radius 3 is 2.68 bits per heavy atom. The highest BCUT2D eigenvalue weighted by atomic mass is 35.5. The molecule has 0 aliphatic heterocycles. The summed E-state index contributed by atoms with van der Waals surface area (Å²) in [5, 5.41) is 3.85. The molecule has 4 heteroatoms. The topological polar surface area (TPSA) is 30.5 Å². The summed E-state index contributed by atoms with van der Waals surface area (Å²) < 4.78 is 10.8. The van der Waals surface area contributed by atoms with Gasteiger partial charge in [-0.15, -0.1) is 0 Å². The summed E-state index contributed by atoms with van der Waals surface area (Å²) in [6, 6.07) is 5.89. The molecule has 0 heterocycles. The van der Waals surface area contributed by atoms with Crippen LogP contribution in [0.2, 0.25) is 0 Å². The Hall–Kier alpha value is -1.19. The lowest BCUT2D eigenvalue weighted by Crippen LogP contribution is -2.18. The van der Waals surface area contributed by atoms with E-state index in [-0.39, 0.29) is 6.61 Å². The van der Waals surface area contributed by atoms with Gasteiger partial charge >= 0.3 is 0 Å². The summed E-state index contributed by atoms with van der Waals surface area (Å²) in [7, 11) is 1.62. The molecule has 3 nitrogen and oxygen atoms in total. The van der Waals surface area contributed by atoms with Crippen molar-refractivity contribution in [1.82, 2.24) is 5.32 Å². The van der Waals surface area contributed by atoms with E-state index in [1.807, 2.05) is 18.2 Å². The van der Waals surface area contributed by atoms with E-state index < -0.39 is 0 Å². The minimum Gasteiger partial charge on any atom is -0.493 e. The molecule has 19 heavy (non-hydrogen) atoms. The Kier molecular flexibility index (Phi) is 6.74. The molecule has 0 fully saturated rings. The smallest absolute Gasteiger partial charge is 0.162 e. The average Bonchev–Trinajstić information content (AvgIpc) is 2.36. The summed E-state index contributed by atoms with van der Waals surface area (Å²) in [5.41, 5.74) is 1.15. The van der Waals surface area contributed by atoms with Crippen LogP contribution in [-0.2, 0) is 6.54 Å². The van der Waals surface area contributed by atoms with E-state index in [0.717, 1.165) is 18.7 Å². The molecule has 0 atom stereocenters. The monoisotopic (exact) mass is 283 g/mol. The van der Waals surface area contributed by atoms with Crippen LogP contribution in [0.5, 0.6) is 11.5 Å². The van der Waals surface area contributed by atoms with Crippen LogP contribution in [0, 0.1) is 5.92 Å². The van der Waals surface area contributed by atoms with Gasteiger partial charge in [0.15, 0.2) is 11.5 Å². The highest BCUT2D eigenvalue weighted by Gasteiger charge is 2.06. The third-order valence-electron chi connectivity index (χ3n) is 2.49. The van der Waals surface area contributed by atoms with Gasteiger partial charge in [-0.2, -0.15) is 0 Å². The van der Waals surface area contributed by atoms with Crippen molar-refractivity contribution in [2.75, 3.05) is 20.3 Å². The van der Waals surface area contributed by atoms with E-state index >= 15 is 0 Å². The van der Waals surface area contributed by atoms with Gasteiger partial charge in [0, 0.05) is 11.6 Å². The normalized spacial score (nSPS) is 10.6. The molecular formula is C15H22ClNO2. The first-order valence-corrected chi connectivity index (χ1v) is 6.74. The highest BCUT2D eigenvalue weighted by Crippen LogP contribution is 2.28. The minimum atomic E-state index is 0.279. The maximum absolute atomic E-state index is 5.71. The third-order valence-corrected chi connectivity index (χ3v) is 2.60. The summed E-state index contributed by atoms with van der Waals surface area (Å²) in [4.78, 5) is 0. The molecular weight excluding hydrogens is 262 g/mol. The van der Waals surface area contributed by atoms with Crippen molar-refractivity contribution >= 4 is 11.6 Å². The van der Waals surface area contributed by atoms with Gasteiger partial charge in [0.1, 0.15) is 6.61 Å². The quantitative estimate of drug-likeness (QED) is 0.791. The minimum absolute atomic E-state index is 0.279. The molecule has 0 aliphatic carbocycles. The van der Waals surface area contributed by atoms with E-state index in [2.05, 4.69) is 25.7 Å². The zero-order valence-electron chi connectivity index (χ0n) is 11.8. The van der Waals surface area contributed by atoms with Gasteiger partial charge in [-0.25, -0.2) is 0 Å². The Labute approximate surface area is 120 Å². The van der Waals surface area contributed by atoms with Gasteiger partial charge in [0.2, 0.25) is 0 Å². The first-order valence-electron chi connectivity index (χ1n) is 6.36. The van der Waals surface area contributed by atoms with Gasteiger partial charge in [0.25, 0.3) is 0 Å². The molecule has 0 unspecified atom stereocenters. The summed E-state index contributed by atoms with van der Waals surface area (Å²) in [6.07, 6.45) is 0. The van der Waals surface area contributed by atoms with E-state index in [9.17, 15) is 0 Å². The van der Waals surface area contributed by atoms with Crippen molar-refractivity contribution in [3.05, 3.63) is 35.4 Å². The van der Waals surface area contributed by atoms with Crippen LogP contribution in [0.3, 0.4) is 0 Å². The van der Waals surface area contributed by atoms with Crippen LogP contribution in [0.4, 0.5) is 0 Å². The lowest BCUT2D eigenvalue weighted by Gasteiger charge is -2.13. The van der Waals surface area contributed by atoms with Crippen molar-refractivity contribution < 1.29 is 9.47 Å². The molecule has 1 aromatic rings. The lowest BCUT2D eigenvalue weighted by atomic mass is 10.2. The largest absolute Gasteiger partial charge is 0.493 e. The van der Waals surface area contributed by atoms with Crippen molar-refractivity contribution in [1.29, 1.82) is 0 Å². The lowest BCUT2D eigenvalue weighted by molar-refractivity contribution is 0.323. The van der Waals surface area contributed by atoms with Gasteiger partial charge in [0.05, 0.1) is 7.11 Å². The molecule has 0 amide bonds. The first kappa shape index (κ1) is 15.9. The molecule has 0 saturated heterocycles. The Morgan fingerprint density at radius 2 is 2.11 bits per heavy atom. The number of benzene rings is 1. The number of rotatable bonds is 8.